The molecule has 202 valence electrons. The molecule has 0 unspecified atom stereocenters. The average Bonchev–Trinajstić information content (AvgIpc) is 3.18. The first-order valence-corrected chi connectivity index (χ1v) is 13.8. The standard InChI is InChI=1S/C31H38N2O5/c1-4-31(37)16-13-26-24-10-9-22-17-23(11-14-29(22,2)25(24)12-15-30(26,31)3)33-38-19-27(34)32-18-20-5-7-21(8-6-20)28(35)36/h1,5-8,17,24-26,37H,9-16,18-19H2,2-3H3,(H,32,34)(H,35,36)/t24-,25+,26+,29+,30+,31-/m1/s1. The highest BCUT2D eigenvalue weighted by Gasteiger charge is 2.63. The van der Waals surface area contributed by atoms with E-state index in [4.69, 9.17) is 16.4 Å². The highest BCUT2D eigenvalue weighted by atomic mass is 16.6. The lowest BCUT2D eigenvalue weighted by atomic mass is 9.46. The van der Waals surface area contributed by atoms with Crippen molar-refractivity contribution in [3.8, 4) is 12.3 Å². The van der Waals surface area contributed by atoms with Crippen LogP contribution in [0.3, 0.4) is 0 Å². The third kappa shape index (κ3) is 4.43. The molecule has 3 fully saturated rings. The average molecular weight is 519 g/mol. The van der Waals surface area contributed by atoms with Crippen LogP contribution in [0.1, 0.15) is 81.1 Å². The number of fused-ring (bicyclic) bond motifs is 5. The van der Waals surface area contributed by atoms with Gasteiger partial charge in [0.15, 0.2) is 6.61 Å². The molecule has 0 aliphatic heterocycles. The van der Waals surface area contributed by atoms with Crippen molar-refractivity contribution < 1.29 is 24.6 Å². The fourth-order valence-electron chi connectivity index (χ4n) is 8.09. The minimum Gasteiger partial charge on any atom is -0.478 e. The highest BCUT2D eigenvalue weighted by Crippen LogP contribution is 2.67. The summed E-state index contributed by atoms with van der Waals surface area (Å²) in [5, 5.41) is 27.2. The molecular weight excluding hydrogens is 480 g/mol. The maximum Gasteiger partial charge on any atom is 0.335 e. The number of nitrogens with zero attached hydrogens (tertiary/aromatic N) is 1. The third-order valence-electron chi connectivity index (χ3n) is 10.4. The van der Waals surface area contributed by atoms with Crippen LogP contribution in [0.5, 0.6) is 0 Å². The zero-order valence-electron chi connectivity index (χ0n) is 22.3. The Morgan fingerprint density at radius 2 is 1.84 bits per heavy atom. The quantitative estimate of drug-likeness (QED) is 0.374. The van der Waals surface area contributed by atoms with E-state index in [1.165, 1.54) is 17.7 Å². The molecule has 1 amide bonds. The minimum absolute atomic E-state index is 0.133. The first-order chi connectivity index (χ1) is 18.1. The van der Waals surface area contributed by atoms with Crippen LogP contribution in [-0.2, 0) is 16.2 Å². The number of amides is 1. The van der Waals surface area contributed by atoms with E-state index >= 15 is 0 Å². The van der Waals surface area contributed by atoms with Crippen molar-refractivity contribution >= 4 is 17.6 Å². The number of hydrogen-bond acceptors (Lipinski definition) is 5. The van der Waals surface area contributed by atoms with Crippen molar-refractivity contribution in [3.63, 3.8) is 0 Å². The Bertz CT molecular complexity index is 1210. The number of carboxylic acids is 1. The number of carbonyl (C=O) groups is 2. The van der Waals surface area contributed by atoms with Gasteiger partial charge in [-0.3, -0.25) is 4.79 Å². The number of carboxylic acid groups (broad SMARTS) is 1. The molecule has 1 aromatic rings. The molecular formula is C31H38N2O5. The molecule has 0 heterocycles. The summed E-state index contributed by atoms with van der Waals surface area (Å²) < 4.78 is 0. The summed E-state index contributed by atoms with van der Waals surface area (Å²) in [5.74, 6) is 3.18. The van der Waals surface area contributed by atoms with E-state index in [9.17, 15) is 14.7 Å². The molecule has 4 aliphatic rings. The van der Waals surface area contributed by atoms with Gasteiger partial charge in [0, 0.05) is 12.0 Å². The molecule has 38 heavy (non-hydrogen) atoms. The van der Waals surface area contributed by atoms with Crippen molar-refractivity contribution in [2.24, 2.45) is 33.7 Å². The molecule has 3 saturated carbocycles. The monoisotopic (exact) mass is 518 g/mol. The van der Waals surface area contributed by atoms with Crippen LogP contribution in [-0.4, -0.2) is 40.0 Å². The molecule has 4 aliphatic carbocycles. The largest absolute Gasteiger partial charge is 0.478 e. The van der Waals surface area contributed by atoms with Gasteiger partial charge in [-0.1, -0.05) is 42.6 Å². The Balaban J connectivity index is 1.17. The van der Waals surface area contributed by atoms with Crippen LogP contribution in [0.4, 0.5) is 0 Å². The molecule has 0 bridgehead atoms. The van der Waals surface area contributed by atoms with Crippen LogP contribution in [0.25, 0.3) is 0 Å². The van der Waals surface area contributed by atoms with Crippen molar-refractivity contribution in [2.45, 2.75) is 77.4 Å². The lowest BCUT2D eigenvalue weighted by molar-refractivity contribution is -0.125. The number of aromatic carboxylic acids is 1. The Labute approximate surface area is 224 Å². The lowest BCUT2D eigenvalue weighted by Gasteiger charge is -2.58. The smallest absolute Gasteiger partial charge is 0.335 e. The number of carbonyl (C=O) groups excluding carboxylic acids is 1. The number of benzene rings is 1. The van der Waals surface area contributed by atoms with Gasteiger partial charge in [0.2, 0.25) is 0 Å². The van der Waals surface area contributed by atoms with E-state index in [-0.39, 0.29) is 28.9 Å². The van der Waals surface area contributed by atoms with E-state index in [1.54, 1.807) is 12.1 Å². The van der Waals surface area contributed by atoms with Gasteiger partial charge < -0.3 is 20.4 Å². The second-order valence-electron chi connectivity index (χ2n) is 12.1. The summed E-state index contributed by atoms with van der Waals surface area (Å²) in [5.41, 5.74) is 2.33. The predicted molar refractivity (Wildman–Crippen MR) is 144 cm³/mol. The highest BCUT2D eigenvalue weighted by molar-refractivity contribution is 5.96. The summed E-state index contributed by atoms with van der Waals surface area (Å²) in [6.07, 6.45) is 15.8. The van der Waals surface area contributed by atoms with Crippen LogP contribution >= 0.6 is 0 Å². The first-order valence-electron chi connectivity index (χ1n) is 13.8. The second-order valence-corrected chi connectivity index (χ2v) is 12.1. The van der Waals surface area contributed by atoms with Crippen molar-refractivity contribution in [1.29, 1.82) is 0 Å². The molecule has 3 N–H and O–H groups in total. The van der Waals surface area contributed by atoms with Crippen LogP contribution < -0.4 is 5.32 Å². The van der Waals surface area contributed by atoms with E-state index in [0.717, 1.165) is 56.2 Å². The van der Waals surface area contributed by atoms with Crippen LogP contribution in [0.15, 0.2) is 41.1 Å². The predicted octanol–water partition coefficient (Wildman–Crippen LogP) is 4.70. The van der Waals surface area contributed by atoms with Gasteiger partial charge in [0.05, 0.1) is 11.3 Å². The number of aliphatic hydroxyl groups is 1. The molecule has 0 saturated heterocycles. The van der Waals surface area contributed by atoms with Gasteiger partial charge in [-0.05, 0) is 98.3 Å². The summed E-state index contributed by atoms with van der Waals surface area (Å²) in [7, 11) is 0. The Hall–Kier alpha value is -3.11. The molecule has 7 heteroatoms. The van der Waals surface area contributed by atoms with Gasteiger partial charge >= 0.3 is 5.97 Å². The van der Waals surface area contributed by atoms with Crippen LogP contribution in [0, 0.1) is 40.9 Å². The summed E-state index contributed by atoms with van der Waals surface area (Å²) in [6.45, 7) is 4.76. The molecule has 0 radical (unpaired) electrons. The third-order valence-corrected chi connectivity index (χ3v) is 10.4. The molecule has 0 aromatic heterocycles. The Morgan fingerprint density at radius 1 is 1.11 bits per heavy atom. The van der Waals surface area contributed by atoms with Gasteiger partial charge in [-0.25, -0.2) is 4.79 Å². The molecule has 0 spiro atoms. The minimum atomic E-state index is -0.979. The van der Waals surface area contributed by atoms with Crippen molar-refractivity contribution in [2.75, 3.05) is 6.61 Å². The molecule has 7 nitrogen and oxygen atoms in total. The fourth-order valence-corrected chi connectivity index (χ4v) is 8.09. The number of oxime groups is 1. The Kier molecular flexibility index (Phi) is 6.89. The van der Waals surface area contributed by atoms with E-state index < -0.39 is 11.6 Å². The normalized spacial score (nSPS) is 36.7. The van der Waals surface area contributed by atoms with Gasteiger partial charge in [-0.15, -0.1) is 6.42 Å². The lowest BCUT2D eigenvalue weighted by Crippen LogP contribution is -2.54. The van der Waals surface area contributed by atoms with E-state index in [1.807, 2.05) is 0 Å². The van der Waals surface area contributed by atoms with Crippen LogP contribution in [0.2, 0.25) is 0 Å². The Morgan fingerprint density at radius 3 is 2.55 bits per heavy atom. The number of allylic oxidation sites excluding steroid dienone is 2. The molecule has 5 rings (SSSR count). The molecule has 1 aromatic carbocycles. The fraction of sp³-hybridized carbons (Fsp3) is 0.581. The van der Waals surface area contributed by atoms with Crippen molar-refractivity contribution in [1.82, 2.24) is 5.32 Å². The summed E-state index contributed by atoms with van der Waals surface area (Å²) >= 11 is 0. The summed E-state index contributed by atoms with van der Waals surface area (Å²) in [6, 6.07) is 6.39. The number of rotatable bonds is 6. The first kappa shape index (κ1) is 26.5. The zero-order valence-corrected chi connectivity index (χ0v) is 22.3. The van der Waals surface area contributed by atoms with Crippen molar-refractivity contribution in [3.05, 3.63) is 47.0 Å². The van der Waals surface area contributed by atoms with Gasteiger partial charge in [-0.2, -0.15) is 0 Å². The maximum atomic E-state index is 12.2. The SMILES string of the molecule is C#C[C@@]1(O)CC[C@H]2[C@@H]3CCC4=CC(=NOCC(=O)NCc5ccc(C(=O)O)cc5)CC[C@]4(C)[C@H]3CC[C@@]21C. The molecule has 6 atom stereocenters. The maximum absolute atomic E-state index is 12.2. The summed E-state index contributed by atoms with van der Waals surface area (Å²) in [4.78, 5) is 28.6. The van der Waals surface area contributed by atoms with E-state index in [0.29, 0.717) is 30.7 Å². The zero-order chi connectivity index (χ0) is 27.1. The topological polar surface area (TPSA) is 108 Å². The number of hydrogen-bond donors (Lipinski definition) is 3. The van der Waals surface area contributed by atoms with Gasteiger partial charge in [0.1, 0.15) is 5.60 Å². The number of terminal acetylenes is 1. The van der Waals surface area contributed by atoms with E-state index in [2.05, 4.69) is 36.3 Å². The number of nitrogens with one attached hydrogen (secondary N) is 1. The van der Waals surface area contributed by atoms with Gasteiger partial charge in [0.25, 0.3) is 5.91 Å². The second kappa shape index (κ2) is 9.89.